The number of nitrogens with one attached hydrogen (secondary N) is 1. The maximum atomic E-state index is 12.2. The minimum absolute atomic E-state index is 0.103. The fourth-order valence-corrected chi connectivity index (χ4v) is 4.92. The predicted molar refractivity (Wildman–Crippen MR) is 135 cm³/mol. The first kappa shape index (κ1) is 23.4. The van der Waals surface area contributed by atoms with Gasteiger partial charge in [-0.3, -0.25) is 4.79 Å². The van der Waals surface area contributed by atoms with Crippen LogP contribution in [0.25, 0.3) is 5.69 Å². The summed E-state index contributed by atoms with van der Waals surface area (Å²) in [5, 5.41) is 4.20. The molecule has 0 unspecified atom stereocenters. The molecule has 2 aromatic carbocycles. The van der Waals surface area contributed by atoms with Gasteiger partial charge in [-0.2, -0.15) is 5.10 Å². The van der Waals surface area contributed by atoms with Crippen LogP contribution in [-0.4, -0.2) is 22.4 Å². The quantitative estimate of drug-likeness (QED) is 0.313. The van der Waals surface area contributed by atoms with E-state index >= 15 is 0 Å². The largest absolute Gasteiger partial charge is 0.317 e. The van der Waals surface area contributed by atoms with Crippen molar-refractivity contribution >= 4 is 39.8 Å². The number of benzene rings is 2. The number of halogens is 1. The molecule has 0 saturated carbocycles. The Hall–Kier alpha value is -2.31. The van der Waals surface area contributed by atoms with Crippen molar-refractivity contribution in [3.05, 3.63) is 86.1 Å². The highest BCUT2D eigenvalue weighted by molar-refractivity contribution is 9.10. The van der Waals surface area contributed by atoms with E-state index in [4.69, 9.17) is 0 Å². The normalized spacial score (nSPS) is 11.3. The first-order chi connectivity index (χ1) is 14.8. The van der Waals surface area contributed by atoms with Gasteiger partial charge in [0.2, 0.25) is 5.91 Å². The smallest absolute Gasteiger partial charge is 0.250 e. The van der Waals surface area contributed by atoms with Gasteiger partial charge in [-0.1, -0.05) is 30.3 Å². The Bertz CT molecular complexity index is 1130. The molecule has 1 N–H and O–H groups in total. The first-order valence-corrected chi connectivity index (χ1v) is 12.1. The SMILES string of the molecule is Cc1ccc(-n2c(C)c(Br)c(/C=N\NC(=O)CSCc3ccccc3C)c2C)cc1C. The van der Waals surface area contributed by atoms with Crippen LogP contribution in [0.1, 0.15) is 39.2 Å². The number of hydrogen-bond acceptors (Lipinski definition) is 3. The van der Waals surface area contributed by atoms with E-state index in [2.05, 4.69) is 96.0 Å². The molecule has 0 radical (unpaired) electrons. The lowest BCUT2D eigenvalue weighted by molar-refractivity contribution is -0.118. The molecule has 3 aromatic rings. The Morgan fingerprint density at radius 2 is 1.77 bits per heavy atom. The van der Waals surface area contributed by atoms with Gasteiger partial charge >= 0.3 is 0 Å². The van der Waals surface area contributed by atoms with Crippen molar-refractivity contribution in [2.75, 3.05) is 5.75 Å². The van der Waals surface area contributed by atoms with Crippen LogP contribution in [0.3, 0.4) is 0 Å². The highest BCUT2D eigenvalue weighted by Gasteiger charge is 2.16. The summed E-state index contributed by atoms with van der Waals surface area (Å²) in [6, 6.07) is 14.7. The molecule has 0 aliphatic heterocycles. The van der Waals surface area contributed by atoms with Crippen LogP contribution >= 0.6 is 27.7 Å². The molecular weight excluding hydrogens is 470 g/mol. The van der Waals surface area contributed by atoms with Gasteiger partial charge in [-0.25, -0.2) is 5.43 Å². The van der Waals surface area contributed by atoms with Gasteiger partial charge < -0.3 is 4.57 Å². The van der Waals surface area contributed by atoms with E-state index in [0.29, 0.717) is 5.75 Å². The summed E-state index contributed by atoms with van der Waals surface area (Å²) >= 11 is 5.28. The fraction of sp³-hybridized carbons (Fsp3) is 0.280. The molecule has 6 heteroatoms. The molecule has 4 nitrogen and oxygen atoms in total. The molecule has 0 atom stereocenters. The number of rotatable bonds is 7. The third-order valence-electron chi connectivity index (χ3n) is 5.50. The number of thioether (sulfide) groups is 1. The lowest BCUT2D eigenvalue weighted by Gasteiger charge is -2.11. The van der Waals surface area contributed by atoms with Crippen molar-refractivity contribution in [3.8, 4) is 5.69 Å². The molecular formula is C25H28BrN3OS. The summed E-state index contributed by atoms with van der Waals surface area (Å²) in [6.07, 6.45) is 1.72. The maximum absolute atomic E-state index is 12.2. The Morgan fingerprint density at radius 3 is 2.48 bits per heavy atom. The van der Waals surface area contributed by atoms with Gasteiger partial charge in [0.05, 0.1) is 12.0 Å². The van der Waals surface area contributed by atoms with Crippen molar-refractivity contribution in [1.29, 1.82) is 0 Å². The summed E-state index contributed by atoms with van der Waals surface area (Å²) in [5.74, 6) is 1.08. The summed E-state index contributed by atoms with van der Waals surface area (Å²) in [4.78, 5) is 12.2. The standard InChI is InChI=1S/C25H28BrN3OS/c1-16-10-11-22(12-18(16)3)29-19(4)23(25(26)20(29)5)13-27-28-24(30)15-31-14-21-9-7-6-8-17(21)2/h6-13H,14-15H2,1-5H3,(H,28,30)/b27-13-. The molecule has 0 aliphatic carbocycles. The number of aryl methyl sites for hydroxylation is 3. The Labute approximate surface area is 197 Å². The lowest BCUT2D eigenvalue weighted by atomic mass is 10.1. The summed E-state index contributed by atoms with van der Waals surface area (Å²) in [7, 11) is 0. The van der Waals surface area contributed by atoms with Crippen molar-refractivity contribution in [2.24, 2.45) is 5.10 Å². The zero-order valence-corrected chi connectivity index (χ0v) is 21.0. The molecule has 0 aliphatic rings. The van der Waals surface area contributed by atoms with Gasteiger partial charge in [0, 0.05) is 32.9 Å². The van der Waals surface area contributed by atoms with Crippen molar-refractivity contribution in [2.45, 2.75) is 40.4 Å². The van der Waals surface area contributed by atoms with E-state index in [-0.39, 0.29) is 5.91 Å². The summed E-state index contributed by atoms with van der Waals surface area (Å²) in [5.41, 5.74) is 11.9. The second-order valence-electron chi connectivity index (χ2n) is 7.71. The van der Waals surface area contributed by atoms with E-state index in [0.717, 1.165) is 32.9 Å². The lowest BCUT2D eigenvalue weighted by Crippen LogP contribution is -2.19. The maximum Gasteiger partial charge on any atom is 0.250 e. The number of amides is 1. The summed E-state index contributed by atoms with van der Waals surface area (Å²) < 4.78 is 3.19. The van der Waals surface area contributed by atoms with Crippen molar-refractivity contribution < 1.29 is 4.79 Å². The van der Waals surface area contributed by atoms with E-state index in [1.54, 1.807) is 18.0 Å². The highest BCUT2D eigenvalue weighted by atomic mass is 79.9. The predicted octanol–water partition coefficient (Wildman–Crippen LogP) is 6.17. The fourth-order valence-electron chi connectivity index (χ4n) is 3.45. The molecule has 0 saturated heterocycles. The number of aromatic nitrogens is 1. The van der Waals surface area contributed by atoms with Gasteiger partial charge in [-0.05, 0) is 84.9 Å². The third kappa shape index (κ3) is 5.49. The molecule has 1 aromatic heterocycles. The van der Waals surface area contributed by atoms with Crippen LogP contribution in [-0.2, 0) is 10.5 Å². The number of hydrogen-bond donors (Lipinski definition) is 1. The van der Waals surface area contributed by atoms with E-state index in [1.165, 1.54) is 22.3 Å². The van der Waals surface area contributed by atoms with Crippen molar-refractivity contribution in [1.82, 2.24) is 9.99 Å². The van der Waals surface area contributed by atoms with Gasteiger partial charge in [0.25, 0.3) is 0 Å². The topological polar surface area (TPSA) is 46.4 Å². The van der Waals surface area contributed by atoms with Crippen LogP contribution in [0.15, 0.2) is 52.0 Å². The van der Waals surface area contributed by atoms with Crippen LogP contribution in [0.4, 0.5) is 0 Å². The van der Waals surface area contributed by atoms with Gasteiger partial charge in [0.15, 0.2) is 0 Å². The van der Waals surface area contributed by atoms with Crippen LogP contribution in [0.2, 0.25) is 0 Å². The minimum Gasteiger partial charge on any atom is -0.317 e. The number of hydrazone groups is 1. The molecule has 0 fully saturated rings. The Kier molecular flexibility index (Phi) is 7.79. The number of nitrogens with zero attached hydrogens (tertiary/aromatic N) is 2. The van der Waals surface area contributed by atoms with Crippen LogP contribution in [0.5, 0.6) is 0 Å². The van der Waals surface area contributed by atoms with Crippen LogP contribution in [0, 0.1) is 34.6 Å². The molecule has 3 rings (SSSR count). The minimum atomic E-state index is -0.103. The Balaban J connectivity index is 1.65. The monoisotopic (exact) mass is 497 g/mol. The second kappa shape index (κ2) is 10.3. The van der Waals surface area contributed by atoms with E-state index < -0.39 is 0 Å². The molecule has 1 heterocycles. The van der Waals surface area contributed by atoms with E-state index in [1.807, 2.05) is 12.1 Å². The zero-order chi connectivity index (χ0) is 22.5. The second-order valence-corrected chi connectivity index (χ2v) is 9.49. The molecule has 0 bridgehead atoms. The van der Waals surface area contributed by atoms with E-state index in [9.17, 15) is 4.79 Å². The molecule has 31 heavy (non-hydrogen) atoms. The average molecular weight is 498 g/mol. The molecule has 1 amide bonds. The van der Waals surface area contributed by atoms with Gasteiger partial charge in [-0.15, -0.1) is 11.8 Å². The average Bonchev–Trinajstić information content (AvgIpc) is 2.95. The molecule has 162 valence electrons. The zero-order valence-electron chi connectivity index (χ0n) is 18.6. The number of carbonyl (C=O) groups excluding carboxylic acids is 1. The third-order valence-corrected chi connectivity index (χ3v) is 7.48. The number of carbonyl (C=O) groups is 1. The van der Waals surface area contributed by atoms with Gasteiger partial charge in [0.1, 0.15) is 0 Å². The highest BCUT2D eigenvalue weighted by Crippen LogP contribution is 2.30. The summed E-state index contributed by atoms with van der Waals surface area (Å²) in [6.45, 7) is 10.5. The Morgan fingerprint density at radius 1 is 1.03 bits per heavy atom. The van der Waals surface area contributed by atoms with Crippen molar-refractivity contribution in [3.63, 3.8) is 0 Å². The molecule has 0 spiro atoms. The van der Waals surface area contributed by atoms with Crippen LogP contribution < -0.4 is 5.43 Å². The first-order valence-electron chi connectivity index (χ1n) is 10.2.